The SMILES string of the molecule is COc1ccccc1Oc1c(OCC2COC(C)(C)O2)nc(-c2ccsc2)nc1N(CC(C)C)S(=O)(=O)c1ccccc1. The van der Waals surface area contributed by atoms with Gasteiger partial charge in [-0.25, -0.2) is 17.7 Å². The van der Waals surface area contributed by atoms with Crippen molar-refractivity contribution in [1.29, 1.82) is 0 Å². The Morgan fingerprint density at radius 3 is 2.40 bits per heavy atom. The minimum Gasteiger partial charge on any atom is -0.493 e. The number of hydrogen-bond acceptors (Lipinski definition) is 10. The van der Waals surface area contributed by atoms with Crippen molar-refractivity contribution in [3.8, 4) is 34.5 Å². The van der Waals surface area contributed by atoms with Crippen LogP contribution in [0, 0.1) is 5.92 Å². The molecule has 12 heteroatoms. The van der Waals surface area contributed by atoms with Crippen molar-refractivity contribution in [2.45, 2.75) is 44.5 Å². The summed E-state index contributed by atoms with van der Waals surface area (Å²) in [5.74, 6) is 0.389. The van der Waals surface area contributed by atoms with E-state index in [0.717, 1.165) is 0 Å². The zero-order chi connectivity index (χ0) is 30.6. The number of benzene rings is 2. The number of rotatable bonds is 12. The van der Waals surface area contributed by atoms with Gasteiger partial charge in [-0.2, -0.15) is 16.3 Å². The van der Waals surface area contributed by atoms with Crippen molar-refractivity contribution in [2.24, 2.45) is 5.92 Å². The van der Waals surface area contributed by atoms with E-state index in [1.807, 2.05) is 50.6 Å². The summed E-state index contributed by atoms with van der Waals surface area (Å²) >= 11 is 1.48. The van der Waals surface area contributed by atoms with Gasteiger partial charge >= 0.3 is 0 Å². The predicted octanol–water partition coefficient (Wildman–Crippen LogP) is 6.39. The quantitative estimate of drug-likeness (QED) is 0.177. The predicted molar refractivity (Wildman–Crippen MR) is 165 cm³/mol. The second-order valence-corrected chi connectivity index (χ2v) is 13.4. The average molecular weight is 626 g/mol. The van der Waals surface area contributed by atoms with Gasteiger partial charge in [0, 0.05) is 17.5 Å². The molecular formula is C31H35N3O7S2. The fourth-order valence-corrected chi connectivity index (χ4v) is 6.71. The Morgan fingerprint density at radius 1 is 1.05 bits per heavy atom. The second kappa shape index (κ2) is 12.9. The van der Waals surface area contributed by atoms with Crippen LogP contribution < -0.4 is 18.5 Å². The molecule has 3 heterocycles. The van der Waals surface area contributed by atoms with E-state index in [0.29, 0.717) is 29.5 Å². The largest absolute Gasteiger partial charge is 0.493 e. The van der Waals surface area contributed by atoms with Crippen LogP contribution in [0.15, 0.2) is 76.3 Å². The molecule has 0 aliphatic carbocycles. The smallest absolute Gasteiger partial charge is 0.265 e. The van der Waals surface area contributed by atoms with Crippen LogP contribution in [0.1, 0.15) is 27.7 Å². The highest BCUT2D eigenvalue weighted by Gasteiger charge is 2.36. The maximum Gasteiger partial charge on any atom is 0.265 e. The molecule has 0 bridgehead atoms. The molecule has 10 nitrogen and oxygen atoms in total. The zero-order valence-corrected chi connectivity index (χ0v) is 26.4. The lowest BCUT2D eigenvalue weighted by Crippen LogP contribution is -2.35. The third kappa shape index (κ3) is 7.10. The molecule has 1 saturated heterocycles. The first-order valence-corrected chi connectivity index (χ1v) is 16.2. The molecular weight excluding hydrogens is 590 g/mol. The van der Waals surface area contributed by atoms with Crippen molar-refractivity contribution in [3.05, 3.63) is 71.4 Å². The van der Waals surface area contributed by atoms with Crippen LogP contribution in [0.2, 0.25) is 0 Å². The van der Waals surface area contributed by atoms with E-state index in [2.05, 4.69) is 0 Å². The van der Waals surface area contributed by atoms with Gasteiger partial charge in [0.05, 0.1) is 18.6 Å². The molecule has 0 amide bonds. The lowest BCUT2D eigenvalue weighted by atomic mass is 10.2. The monoisotopic (exact) mass is 625 g/mol. The van der Waals surface area contributed by atoms with Crippen LogP contribution in [0.5, 0.6) is 23.1 Å². The van der Waals surface area contributed by atoms with Gasteiger partial charge in [0.25, 0.3) is 15.9 Å². The molecule has 4 aromatic rings. The van der Waals surface area contributed by atoms with Gasteiger partial charge in [-0.1, -0.05) is 44.2 Å². The number of nitrogens with zero attached hydrogens (tertiary/aromatic N) is 3. The van der Waals surface area contributed by atoms with Crippen molar-refractivity contribution in [1.82, 2.24) is 9.97 Å². The Hall–Kier alpha value is -3.71. The Bertz CT molecular complexity index is 1630. The highest BCUT2D eigenvalue weighted by atomic mass is 32.2. The van der Waals surface area contributed by atoms with E-state index in [9.17, 15) is 8.42 Å². The molecule has 1 unspecified atom stereocenters. The van der Waals surface area contributed by atoms with Gasteiger partial charge in [0.15, 0.2) is 28.9 Å². The first kappa shape index (κ1) is 30.7. The van der Waals surface area contributed by atoms with Crippen LogP contribution in [-0.2, 0) is 19.5 Å². The van der Waals surface area contributed by atoms with Gasteiger partial charge in [0.2, 0.25) is 5.75 Å². The molecule has 0 spiro atoms. The summed E-state index contributed by atoms with van der Waals surface area (Å²) < 4.78 is 59.7. The normalized spacial score (nSPS) is 16.3. The third-order valence-corrected chi connectivity index (χ3v) is 8.90. The first-order chi connectivity index (χ1) is 20.6. The highest BCUT2D eigenvalue weighted by Crippen LogP contribution is 2.44. The minimum absolute atomic E-state index is 0.0295. The van der Waals surface area contributed by atoms with Crippen LogP contribution in [0.3, 0.4) is 0 Å². The van der Waals surface area contributed by atoms with Crippen LogP contribution in [0.25, 0.3) is 11.4 Å². The molecule has 0 saturated carbocycles. The minimum atomic E-state index is -4.09. The molecule has 2 aromatic carbocycles. The van der Waals surface area contributed by atoms with E-state index < -0.39 is 15.8 Å². The first-order valence-electron chi connectivity index (χ1n) is 13.8. The van der Waals surface area contributed by atoms with Crippen molar-refractivity contribution >= 4 is 27.2 Å². The molecule has 0 radical (unpaired) electrons. The van der Waals surface area contributed by atoms with Gasteiger partial charge in [-0.05, 0) is 55.5 Å². The van der Waals surface area contributed by atoms with E-state index in [1.54, 1.807) is 48.5 Å². The van der Waals surface area contributed by atoms with Crippen LogP contribution >= 0.6 is 11.3 Å². The lowest BCUT2D eigenvalue weighted by molar-refractivity contribution is -0.141. The Kier molecular flexibility index (Phi) is 9.21. The molecule has 1 aliphatic rings. The van der Waals surface area contributed by atoms with E-state index in [4.69, 9.17) is 33.7 Å². The van der Waals surface area contributed by atoms with Gasteiger partial charge in [-0.3, -0.25) is 0 Å². The number of para-hydroxylation sites is 2. The molecule has 1 atom stereocenters. The lowest BCUT2D eigenvalue weighted by Gasteiger charge is -2.28. The maximum atomic E-state index is 14.3. The topological polar surface area (TPSA) is 109 Å². The third-order valence-electron chi connectivity index (χ3n) is 6.45. The second-order valence-electron chi connectivity index (χ2n) is 10.8. The van der Waals surface area contributed by atoms with Gasteiger partial charge in [0.1, 0.15) is 12.7 Å². The number of hydrogen-bond donors (Lipinski definition) is 0. The summed E-state index contributed by atoms with van der Waals surface area (Å²) in [5.41, 5.74) is 0.711. The molecule has 1 aliphatic heterocycles. The molecule has 0 N–H and O–H groups in total. The van der Waals surface area contributed by atoms with Crippen molar-refractivity contribution < 1.29 is 32.1 Å². The Labute approximate surface area is 256 Å². The van der Waals surface area contributed by atoms with E-state index >= 15 is 0 Å². The number of thiophene rings is 1. The molecule has 43 heavy (non-hydrogen) atoms. The van der Waals surface area contributed by atoms with Crippen LogP contribution in [0.4, 0.5) is 5.82 Å². The molecule has 1 fully saturated rings. The van der Waals surface area contributed by atoms with Gasteiger partial charge < -0.3 is 23.7 Å². The average Bonchev–Trinajstić information content (AvgIpc) is 3.65. The maximum absolute atomic E-state index is 14.3. The summed E-state index contributed by atoms with van der Waals surface area (Å²) in [7, 11) is -2.57. The van der Waals surface area contributed by atoms with Crippen LogP contribution in [-0.4, -0.2) is 57.1 Å². The summed E-state index contributed by atoms with van der Waals surface area (Å²) in [5, 5.41) is 3.79. The summed E-state index contributed by atoms with van der Waals surface area (Å²) in [4.78, 5) is 9.67. The summed E-state index contributed by atoms with van der Waals surface area (Å²) in [6, 6.07) is 17.2. The number of sulfonamides is 1. The fraction of sp³-hybridized carbons (Fsp3) is 0.355. The summed E-state index contributed by atoms with van der Waals surface area (Å²) in [6.45, 7) is 8.07. The fourth-order valence-electron chi connectivity index (χ4n) is 4.48. The van der Waals surface area contributed by atoms with E-state index in [-0.39, 0.29) is 47.5 Å². The highest BCUT2D eigenvalue weighted by molar-refractivity contribution is 7.92. The molecule has 5 rings (SSSR count). The number of methoxy groups -OCH3 is 1. The van der Waals surface area contributed by atoms with Gasteiger partial charge in [-0.15, -0.1) is 0 Å². The van der Waals surface area contributed by atoms with Crippen molar-refractivity contribution in [3.63, 3.8) is 0 Å². The summed E-state index contributed by atoms with van der Waals surface area (Å²) in [6.07, 6.45) is -0.378. The Balaban J connectivity index is 1.71. The molecule has 2 aromatic heterocycles. The number of ether oxygens (including phenoxy) is 5. The standard InChI is InChI=1S/C31H35N3O7S2/c1-21(2)17-34(43(35,36)24-11-7-6-8-12-24)29-27(40-26-14-10-9-13-25(26)37-5)30(33-28(32-29)22-15-16-42-20-22)38-18-23-19-39-31(3,4)41-23/h6-16,20-21,23H,17-19H2,1-5H3. The Morgan fingerprint density at radius 2 is 1.77 bits per heavy atom. The number of anilines is 1. The number of aromatic nitrogens is 2. The van der Waals surface area contributed by atoms with Crippen molar-refractivity contribution in [2.75, 3.05) is 31.2 Å². The molecule has 228 valence electrons. The van der Waals surface area contributed by atoms with E-state index in [1.165, 1.54) is 22.8 Å². The zero-order valence-electron chi connectivity index (χ0n) is 24.7.